The molecule has 0 aromatic carbocycles. The first-order chi connectivity index (χ1) is 18.6. The summed E-state index contributed by atoms with van der Waals surface area (Å²) in [5, 5.41) is 4.49. The van der Waals surface area contributed by atoms with Crippen LogP contribution in [0.4, 0.5) is 0 Å². The van der Waals surface area contributed by atoms with E-state index in [-0.39, 0.29) is 0 Å². The summed E-state index contributed by atoms with van der Waals surface area (Å²) < 4.78 is 3.71. The highest BCUT2D eigenvalue weighted by Crippen LogP contribution is 2.43. The molecule has 0 radical (unpaired) electrons. The van der Waals surface area contributed by atoms with Gasteiger partial charge in [-0.05, 0) is 44.0 Å². The van der Waals surface area contributed by atoms with Crippen LogP contribution in [-0.2, 0) is 0 Å². The Bertz CT molecular complexity index is 1080. The van der Waals surface area contributed by atoms with E-state index in [1.54, 1.807) is 0 Å². The average molecular weight is 615 g/mol. The Morgan fingerprint density at radius 1 is 0.474 bits per heavy atom. The van der Waals surface area contributed by atoms with Gasteiger partial charge < -0.3 is 0 Å². The van der Waals surface area contributed by atoms with E-state index in [2.05, 4.69) is 110 Å². The predicted molar refractivity (Wildman–Crippen MR) is 185 cm³/mol. The molecule has 4 rings (SSSR count). The van der Waals surface area contributed by atoms with Gasteiger partial charge in [-0.25, -0.2) is 0 Å². The number of unbranched alkanes of at least 4 members (excludes halogenated alkanes) is 4. The second-order valence-corrected chi connectivity index (χ2v) is 28.8. The van der Waals surface area contributed by atoms with E-state index in [9.17, 15) is 0 Å². The van der Waals surface area contributed by atoms with E-state index in [4.69, 9.17) is 0 Å². The lowest BCUT2D eigenvalue weighted by Gasteiger charge is -2.48. The smallest absolute Gasteiger partial charge is 0.0992 e. The van der Waals surface area contributed by atoms with Crippen LogP contribution in [0, 0.1) is 0 Å². The van der Waals surface area contributed by atoms with Crippen molar-refractivity contribution in [1.82, 2.24) is 0 Å². The first kappa shape index (κ1) is 30.2. The molecule has 38 heavy (non-hydrogen) atoms. The number of hydrogen-bond donors (Lipinski definition) is 0. The van der Waals surface area contributed by atoms with Crippen molar-refractivity contribution < 1.29 is 0 Å². The Hall–Kier alpha value is -0.766. The SMILES string of the molecule is CCCC[Si](CCCC)(c1ccc(-c2cccs2)s1)[Si](CCCC)(CCCC)c1ccc(-c2cccs2)s1. The molecule has 0 nitrogen and oxygen atoms in total. The van der Waals surface area contributed by atoms with Gasteiger partial charge >= 0.3 is 0 Å². The van der Waals surface area contributed by atoms with E-state index in [0.29, 0.717) is 0 Å². The van der Waals surface area contributed by atoms with E-state index in [0.717, 1.165) is 0 Å². The molecular formula is C32H46S4Si2. The summed E-state index contributed by atoms with van der Waals surface area (Å²) in [6.45, 7) is 9.69. The minimum atomic E-state index is -1.80. The van der Waals surface area contributed by atoms with Crippen molar-refractivity contribution in [2.75, 3.05) is 0 Å². The fourth-order valence-corrected chi connectivity index (χ4v) is 37.6. The highest BCUT2D eigenvalue weighted by molar-refractivity contribution is 7.60. The van der Waals surface area contributed by atoms with Crippen LogP contribution in [0.2, 0.25) is 24.2 Å². The summed E-state index contributed by atoms with van der Waals surface area (Å²) in [5.74, 6) is 0. The lowest BCUT2D eigenvalue weighted by Crippen LogP contribution is -2.74. The van der Waals surface area contributed by atoms with Crippen molar-refractivity contribution in [2.24, 2.45) is 0 Å². The molecule has 206 valence electrons. The Morgan fingerprint density at radius 3 is 1.13 bits per heavy atom. The number of hydrogen-bond acceptors (Lipinski definition) is 4. The van der Waals surface area contributed by atoms with Crippen molar-refractivity contribution in [2.45, 2.75) is 103 Å². The number of rotatable bonds is 17. The predicted octanol–water partition coefficient (Wildman–Crippen LogP) is 11.6. The van der Waals surface area contributed by atoms with Crippen LogP contribution < -0.4 is 9.00 Å². The van der Waals surface area contributed by atoms with Gasteiger partial charge in [0.25, 0.3) is 0 Å². The summed E-state index contributed by atoms with van der Waals surface area (Å²) in [6, 6.07) is 25.4. The largest absolute Gasteiger partial charge is 0.144 e. The summed E-state index contributed by atoms with van der Waals surface area (Å²) in [7, 11) is -3.59. The average Bonchev–Trinajstić information content (AvgIpc) is 3.76. The van der Waals surface area contributed by atoms with Gasteiger partial charge in [-0.2, -0.15) is 0 Å². The van der Waals surface area contributed by atoms with Gasteiger partial charge in [0, 0.05) is 19.5 Å². The van der Waals surface area contributed by atoms with Gasteiger partial charge in [0.05, 0.1) is 15.2 Å². The fraction of sp³-hybridized carbons (Fsp3) is 0.500. The summed E-state index contributed by atoms with van der Waals surface area (Å²) in [5.41, 5.74) is 0. The van der Waals surface area contributed by atoms with Gasteiger partial charge in [0.15, 0.2) is 0 Å². The second-order valence-electron chi connectivity index (χ2n) is 10.9. The monoisotopic (exact) mass is 614 g/mol. The van der Waals surface area contributed by atoms with Crippen molar-refractivity contribution in [3.8, 4) is 19.5 Å². The van der Waals surface area contributed by atoms with Crippen molar-refractivity contribution in [1.29, 1.82) is 0 Å². The molecule has 0 N–H and O–H groups in total. The highest BCUT2D eigenvalue weighted by Gasteiger charge is 2.56. The standard InChI is InChI=1S/C32H46S4Si2/c1-5-9-23-37(24-10-6-2,31-19-17-29(35-31)27-15-13-21-33-27)38(25-11-7-3,26-12-8-4)32-20-18-30(36-32)28-16-14-22-34-28/h13-22H,5-12,23-26H2,1-4H3. The zero-order valence-corrected chi connectivity index (χ0v) is 29.2. The minimum Gasteiger partial charge on any atom is -0.144 e. The Labute approximate surface area is 250 Å². The Kier molecular flexibility index (Phi) is 11.7. The molecule has 0 saturated carbocycles. The van der Waals surface area contributed by atoms with Crippen LogP contribution >= 0.6 is 45.3 Å². The molecule has 0 atom stereocenters. The fourth-order valence-electron chi connectivity index (χ4n) is 6.38. The zero-order valence-electron chi connectivity index (χ0n) is 23.9. The van der Waals surface area contributed by atoms with Crippen LogP contribution in [0.1, 0.15) is 79.1 Å². The minimum absolute atomic E-state index is 1.32. The van der Waals surface area contributed by atoms with Gasteiger partial charge in [0.2, 0.25) is 0 Å². The zero-order chi connectivity index (χ0) is 26.8. The van der Waals surface area contributed by atoms with E-state index in [1.165, 1.54) is 95.1 Å². The maximum absolute atomic E-state index is 2.64. The first-order valence-electron chi connectivity index (χ1n) is 14.9. The molecule has 0 aliphatic rings. The third-order valence-electron chi connectivity index (χ3n) is 8.43. The lowest BCUT2D eigenvalue weighted by molar-refractivity contribution is 0.822. The van der Waals surface area contributed by atoms with Crippen molar-refractivity contribution >= 4 is 69.5 Å². The molecule has 0 amide bonds. The van der Waals surface area contributed by atoms with Crippen LogP contribution in [0.15, 0.2) is 59.3 Å². The molecule has 0 unspecified atom stereocenters. The molecule has 4 aromatic heterocycles. The van der Waals surface area contributed by atoms with Gasteiger partial charge in [0.1, 0.15) is 0 Å². The van der Waals surface area contributed by atoms with Gasteiger partial charge in [-0.1, -0.05) is 128 Å². The lowest BCUT2D eigenvalue weighted by atomic mass is 10.4. The van der Waals surface area contributed by atoms with Crippen LogP contribution in [-0.4, -0.2) is 15.2 Å². The first-order valence-corrected chi connectivity index (χ1v) is 24.1. The number of thiophene rings is 4. The summed E-state index contributed by atoms with van der Waals surface area (Å²) in [4.78, 5) is 5.94. The quantitative estimate of drug-likeness (QED) is 0.104. The molecule has 0 aliphatic heterocycles. The summed E-state index contributed by atoms with van der Waals surface area (Å²) in [6.07, 6.45) is 10.9. The van der Waals surface area contributed by atoms with E-state index in [1.807, 2.05) is 31.7 Å². The van der Waals surface area contributed by atoms with Crippen LogP contribution in [0.25, 0.3) is 19.5 Å². The molecule has 0 spiro atoms. The maximum Gasteiger partial charge on any atom is 0.0992 e. The molecule has 0 aliphatic carbocycles. The third kappa shape index (κ3) is 6.41. The molecule has 0 bridgehead atoms. The van der Waals surface area contributed by atoms with Crippen LogP contribution in [0.5, 0.6) is 0 Å². The highest BCUT2D eigenvalue weighted by atomic mass is 32.1. The van der Waals surface area contributed by atoms with Crippen LogP contribution in [0.3, 0.4) is 0 Å². The molecule has 4 aromatic rings. The molecule has 0 saturated heterocycles. The normalized spacial score (nSPS) is 12.4. The Balaban J connectivity index is 1.95. The van der Waals surface area contributed by atoms with Gasteiger partial charge in [-0.3, -0.25) is 0 Å². The van der Waals surface area contributed by atoms with Crippen molar-refractivity contribution in [3.63, 3.8) is 0 Å². The molecule has 6 heteroatoms. The maximum atomic E-state index is 2.64. The Morgan fingerprint density at radius 2 is 0.842 bits per heavy atom. The topological polar surface area (TPSA) is 0 Å². The second kappa shape index (κ2) is 14.7. The van der Waals surface area contributed by atoms with E-state index < -0.39 is 15.2 Å². The molecular weight excluding hydrogens is 569 g/mol. The summed E-state index contributed by atoms with van der Waals surface area (Å²) >= 11 is 8.23. The van der Waals surface area contributed by atoms with Gasteiger partial charge in [-0.15, -0.1) is 45.3 Å². The molecule has 4 heterocycles. The van der Waals surface area contributed by atoms with E-state index >= 15 is 0 Å². The molecule has 0 fully saturated rings. The van der Waals surface area contributed by atoms with Crippen molar-refractivity contribution in [3.05, 3.63) is 59.3 Å². The third-order valence-corrected chi connectivity index (χ3v) is 35.4.